The molecule has 1 atom stereocenters. The van der Waals surface area contributed by atoms with Crippen LogP contribution in [0.25, 0.3) is 0 Å². The molecule has 0 amide bonds. The van der Waals surface area contributed by atoms with Gasteiger partial charge in [0.25, 0.3) is 0 Å². The summed E-state index contributed by atoms with van der Waals surface area (Å²) >= 11 is 1.88. The predicted molar refractivity (Wildman–Crippen MR) is 80.9 cm³/mol. The van der Waals surface area contributed by atoms with Gasteiger partial charge in [-0.1, -0.05) is 0 Å². The van der Waals surface area contributed by atoms with Crippen LogP contribution in [0.4, 0.5) is 0 Å². The minimum atomic E-state index is -0.161. The molecule has 1 N–H and O–H groups in total. The van der Waals surface area contributed by atoms with Crippen LogP contribution in [0, 0.1) is 0 Å². The average molecular weight is 282 g/mol. The Morgan fingerprint density at radius 1 is 1.37 bits per heavy atom. The Morgan fingerprint density at radius 3 is 2.74 bits per heavy atom. The minimum absolute atomic E-state index is 0.161. The van der Waals surface area contributed by atoms with Crippen LogP contribution in [0.1, 0.15) is 56.1 Å². The number of hydrogen-bond donors (Lipinski definition) is 1. The van der Waals surface area contributed by atoms with E-state index in [1.807, 2.05) is 18.3 Å². The summed E-state index contributed by atoms with van der Waals surface area (Å²) in [5.74, 6) is 0. The quantitative estimate of drug-likeness (QED) is 0.869. The maximum Gasteiger partial charge on any atom is 0.115 e. The molecule has 0 radical (unpaired) electrons. The highest BCUT2D eigenvalue weighted by Gasteiger charge is 2.32. The van der Waals surface area contributed by atoms with Crippen molar-refractivity contribution in [1.29, 1.82) is 0 Å². The molecule has 1 aromatic heterocycles. The highest BCUT2D eigenvalue weighted by molar-refractivity contribution is 7.11. The number of aromatic nitrogens is 1. The molecule has 2 rings (SSSR count). The van der Waals surface area contributed by atoms with Gasteiger partial charge < -0.3 is 10.1 Å². The van der Waals surface area contributed by atoms with Crippen molar-refractivity contribution in [2.45, 2.75) is 65.0 Å². The summed E-state index contributed by atoms with van der Waals surface area (Å²) in [4.78, 5) is 6.40. The first-order chi connectivity index (χ1) is 9.05. The number of nitrogens with zero attached hydrogens (tertiary/aromatic N) is 1. The van der Waals surface area contributed by atoms with E-state index < -0.39 is 0 Å². The smallest absolute Gasteiger partial charge is 0.115 e. The van der Waals surface area contributed by atoms with Crippen LogP contribution in [-0.4, -0.2) is 24.2 Å². The van der Waals surface area contributed by atoms with Crippen molar-refractivity contribution in [2.75, 3.05) is 13.2 Å². The molecule has 1 unspecified atom stereocenters. The van der Waals surface area contributed by atoms with Gasteiger partial charge in [-0.05, 0) is 53.4 Å². The van der Waals surface area contributed by atoms with Crippen LogP contribution in [0.15, 0.2) is 0 Å². The standard InChI is InChI=1S/C15H26N2OS/c1-5-18-10-15(4,17-11(2)3)14-16-12-8-6-7-9-13(12)19-14/h11,17H,5-10H2,1-4H3. The van der Waals surface area contributed by atoms with E-state index in [4.69, 9.17) is 9.72 Å². The fraction of sp³-hybridized carbons (Fsp3) is 0.800. The number of hydrogen-bond acceptors (Lipinski definition) is 4. The molecule has 1 aliphatic carbocycles. The van der Waals surface area contributed by atoms with E-state index in [0.717, 1.165) is 13.0 Å². The van der Waals surface area contributed by atoms with Crippen molar-refractivity contribution < 1.29 is 4.74 Å². The fourth-order valence-corrected chi connectivity index (χ4v) is 3.94. The van der Waals surface area contributed by atoms with Crippen molar-refractivity contribution >= 4 is 11.3 Å². The van der Waals surface area contributed by atoms with Gasteiger partial charge in [0, 0.05) is 17.5 Å². The zero-order valence-electron chi connectivity index (χ0n) is 12.6. The zero-order chi connectivity index (χ0) is 13.9. The molecule has 3 nitrogen and oxygen atoms in total. The molecule has 4 heteroatoms. The van der Waals surface area contributed by atoms with Gasteiger partial charge in [0.1, 0.15) is 5.01 Å². The summed E-state index contributed by atoms with van der Waals surface area (Å²) in [5, 5.41) is 4.84. The summed E-state index contributed by atoms with van der Waals surface area (Å²) in [6.45, 7) is 10.1. The van der Waals surface area contributed by atoms with Gasteiger partial charge in [-0.25, -0.2) is 4.98 Å². The highest BCUT2D eigenvalue weighted by Crippen LogP contribution is 2.33. The summed E-state index contributed by atoms with van der Waals surface area (Å²) in [6.07, 6.45) is 4.96. The molecule has 0 aromatic carbocycles. The second-order valence-corrected chi connectivity index (χ2v) is 6.95. The van der Waals surface area contributed by atoms with Crippen LogP contribution < -0.4 is 5.32 Å². The van der Waals surface area contributed by atoms with E-state index >= 15 is 0 Å². The van der Waals surface area contributed by atoms with Gasteiger partial charge in [-0.15, -0.1) is 11.3 Å². The molecule has 1 aromatic rings. The Balaban J connectivity index is 2.23. The van der Waals surface area contributed by atoms with Crippen LogP contribution in [0.2, 0.25) is 0 Å². The SMILES string of the molecule is CCOCC(C)(NC(C)C)c1nc2c(s1)CCCC2. The Kier molecular flexibility index (Phi) is 4.98. The Morgan fingerprint density at radius 2 is 2.11 bits per heavy atom. The normalized spacial score (nSPS) is 18.4. The van der Waals surface area contributed by atoms with E-state index in [-0.39, 0.29) is 5.54 Å². The first kappa shape index (κ1) is 14.9. The Labute approximate surface area is 120 Å². The van der Waals surface area contributed by atoms with E-state index in [0.29, 0.717) is 12.6 Å². The lowest BCUT2D eigenvalue weighted by Gasteiger charge is -2.30. The zero-order valence-corrected chi connectivity index (χ0v) is 13.4. The van der Waals surface area contributed by atoms with E-state index in [1.54, 1.807) is 0 Å². The summed E-state index contributed by atoms with van der Waals surface area (Å²) in [5.41, 5.74) is 1.17. The lowest BCUT2D eigenvalue weighted by Crippen LogP contribution is -2.47. The maximum atomic E-state index is 5.69. The van der Waals surface area contributed by atoms with Gasteiger partial charge >= 0.3 is 0 Å². The molecule has 0 bridgehead atoms. The molecular weight excluding hydrogens is 256 g/mol. The minimum Gasteiger partial charge on any atom is -0.379 e. The Hall–Kier alpha value is -0.450. The molecule has 1 heterocycles. The molecular formula is C15H26N2OS. The molecule has 0 saturated carbocycles. The lowest BCUT2D eigenvalue weighted by molar-refractivity contribution is 0.0787. The van der Waals surface area contributed by atoms with Crippen LogP contribution >= 0.6 is 11.3 Å². The van der Waals surface area contributed by atoms with E-state index in [9.17, 15) is 0 Å². The number of nitrogens with one attached hydrogen (secondary N) is 1. The molecule has 0 aliphatic heterocycles. The molecule has 1 aliphatic rings. The first-order valence-corrected chi connectivity index (χ1v) is 8.21. The summed E-state index contributed by atoms with van der Waals surface area (Å²) < 4.78 is 5.69. The molecule has 0 saturated heterocycles. The van der Waals surface area contributed by atoms with Crippen molar-refractivity contribution in [3.63, 3.8) is 0 Å². The summed E-state index contributed by atoms with van der Waals surface area (Å²) in [6, 6.07) is 0.423. The number of thiazole rings is 1. The van der Waals surface area contributed by atoms with Crippen LogP contribution in [0.5, 0.6) is 0 Å². The van der Waals surface area contributed by atoms with Crippen molar-refractivity contribution in [1.82, 2.24) is 10.3 Å². The molecule has 108 valence electrons. The van der Waals surface area contributed by atoms with Gasteiger partial charge in [-0.3, -0.25) is 0 Å². The second-order valence-electron chi connectivity index (χ2n) is 5.86. The topological polar surface area (TPSA) is 34.1 Å². The van der Waals surface area contributed by atoms with Gasteiger partial charge in [-0.2, -0.15) is 0 Å². The molecule has 19 heavy (non-hydrogen) atoms. The third kappa shape index (κ3) is 3.56. The van der Waals surface area contributed by atoms with Gasteiger partial charge in [0.2, 0.25) is 0 Å². The average Bonchev–Trinajstić information content (AvgIpc) is 2.80. The number of rotatable bonds is 6. The lowest BCUT2D eigenvalue weighted by atomic mass is 10.0. The van der Waals surface area contributed by atoms with Gasteiger partial charge in [0.05, 0.1) is 17.8 Å². The molecule has 0 spiro atoms. The van der Waals surface area contributed by atoms with E-state index in [2.05, 4.69) is 26.1 Å². The van der Waals surface area contributed by atoms with Crippen molar-refractivity contribution in [3.8, 4) is 0 Å². The Bertz CT molecular complexity index is 393. The van der Waals surface area contributed by atoms with Crippen LogP contribution in [0.3, 0.4) is 0 Å². The third-order valence-electron chi connectivity index (χ3n) is 3.52. The van der Waals surface area contributed by atoms with Crippen molar-refractivity contribution in [3.05, 3.63) is 15.6 Å². The third-order valence-corrected chi connectivity index (χ3v) is 4.94. The largest absolute Gasteiger partial charge is 0.379 e. The van der Waals surface area contributed by atoms with Gasteiger partial charge in [0.15, 0.2) is 0 Å². The summed E-state index contributed by atoms with van der Waals surface area (Å²) in [7, 11) is 0. The number of aryl methyl sites for hydroxylation is 2. The number of ether oxygens (including phenoxy) is 1. The second kappa shape index (κ2) is 6.33. The number of fused-ring (bicyclic) bond motifs is 1. The predicted octanol–water partition coefficient (Wildman–Crippen LogP) is 3.27. The molecule has 0 fully saturated rings. The fourth-order valence-electron chi connectivity index (χ4n) is 2.70. The highest BCUT2D eigenvalue weighted by atomic mass is 32.1. The van der Waals surface area contributed by atoms with E-state index in [1.165, 1.54) is 34.8 Å². The maximum absolute atomic E-state index is 5.69. The first-order valence-electron chi connectivity index (χ1n) is 7.39. The van der Waals surface area contributed by atoms with Crippen LogP contribution in [-0.2, 0) is 23.1 Å². The van der Waals surface area contributed by atoms with Crippen molar-refractivity contribution in [2.24, 2.45) is 0 Å². The monoisotopic (exact) mass is 282 g/mol.